The van der Waals surface area contributed by atoms with Gasteiger partial charge in [0.15, 0.2) is 11.5 Å². The smallest absolute Gasteiger partial charge is 0.387 e. The predicted molar refractivity (Wildman–Crippen MR) is 134 cm³/mol. The number of nitrogens with one attached hydrogen (secondary N) is 1. The second-order valence-corrected chi connectivity index (χ2v) is 10.3. The highest BCUT2D eigenvalue weighted by molar-refractivity contribution is 5.98. The van der Waals surface area contributed by atoms with Gasteiger partial charge in [-0.2, -0.15) is 8.78 Å². The van der Waals surface area contributed by atoms with E-state index >= 15 is 0 Å². The normalized spacial score (nSPS) is 20.6. The molecule has 2 aromatic rings. The Morgan fingerprint density at radius 1 is 1.13 bits per heavy atom. The molecule has 2 fully saturated rings. The van der Waals surface area contributed by atoms with Crippen LogP contribution in [0.5, 0.6) is 11.5 Å². The van der Waals surface area contributed by atoms with E-state index in [0.29, 0.717) is 37.6 Å². The molecule has 2 atom stereocenters. The van der Waals surface area contributed by atoms with Gasteiger partial charge < -0.3 is 24.6 Å². The molecule has 0 radical (unpaired) electrons. The molecule has 5 rings (SSSR count). The van der Waals surface area contributed by atoms with E-state index in [1.165, 1.54) is 13.0 Å². The van der Waals surface area contributed by atoms with E-state index in [9.17, 15) is 23.2 Å². The van der Waals surface area contributed by atoms with Crippen molar-refractivity contribution in [2.75, 3.05) is 20.2 Å². The lowest BCUT2D eigenvalue weighted by Gasteiger charge is -2.22. The Morgan fingerprint density at radius 2 is 1.92 bits per heavy atom. The number of nitrogens with zero attached hydrogens (tertiary/aromatic N) is 2. The zero-order chi connectivity index (χ0) is 27.0. The number of alkyl halides is 2. The number of carbonyl (C=O) groups is 3. The fourth-order valence-electron chi connectivity index (χ4n) is 5.19. The predicted octanol–water partition coefficient (Wildman–Crippen LogP) is 3.68. The Hall–Kier alpha value is -3.69. The number of amides is 3. The third-order valence-corrected chi connectivity index (χ3v) is 7.46. The summed E-state index contributed by atoms with van der Waals surface area (Å²) >= 11 is 0. The molecule has 0 spiro atoms. The Morgan fingerprint density at radius 3 is 2.63 bits per heavy atom. The molecule has 1 saturated heterocycles. The van der Waals surface area contributed by atoms with Crippen molar-refractivity contribution >= 4 is 17.7 Å². The number of benzene rings is 2. The quantitative estimate of drug-likeness (QED) is 0.538. The van der Waals surface area contributed by atoms with Gasteiger partial charge in [0.05, 0.1) is 6.61 Å². The topological polar surface area (TPSA) is 88.2 Å². The molecule has 202 valence electrons. The van der Waals surface area contributed by atoms with Crippen molar-refractivity contribution in [2.24, 2.45) is 5.92 Å². The Bertz CT molecular complexity index is 1250. The van der Waals surface area contributed by atoms with Crippen LogP contribution in [-0.4, -0.2) is 60.4 Å². The van der Waals surface area contributed by atoms with Crippen LogP contribution in [0.4, 0.5) is 8.78 Å². The monoisotopic (exact) mass is 527 g/mol. The van der Waals surface area contributed by atoms with Crippen LogP contribution in [0.25, 0.3) is 0 Å². The summed E-state index contributed by atoms with van der Waals surface area (Å²) in [4.78, 5) is 40.9. The average molecular weight is 528 g/mol. The highest BCUT2D eigenvalue weighted by Crippen LogP contribution is 2.39. The second kappa shape index (κ2) is 10.6. The standard InChI is InChI=1S/C28H31F2N3O5/c1-16(34)33-14-20(19-6-8-24(38-28(29)30)25(11-19)37-15-17-3-4-17)10-23(33)26(35)31-12-18-5-7-22-21(9-18)13-32(2)27(22)36/h5-9,11,17,20,23,28H,3-4,10,12-15H2,1-2H3,(H,31,35)/t20?,23-/m1/s1. The van der Waals surface area contributed by atoms with Crippen molar-refractivity contribution in [3.8, 4) is 11.5 Å². The number of hydrogen-bond donors (Lipinski definition) is 1. The molecule has 1 N–H and O–H groups in total. The van der Waals surface area contributed by atoms with Gasteiger partial charge in [-0.05, 0) is 60.1 Å². The average Bonchev–Trinajstić information content (AvgIpc) is 3.53. The number of halogens is 2. The third-order valence-electron chi connectivity index (χ3n) is 7.46. The van der Waals surface area contributed by atoms with Crippen LogP contribution >= 0.6 is 0 Å². The maximum absolute atomic E-state index is 13.2. The number of likely N-dealkylation sites (tertiary alicyclic amines) is 1. The molecule has 1 aliphatic carbocycles. The number of hydrogen-bond acceptors (Lipinski definition) is 5. The van der Waals surface area contributed by atoms with E-state index in [1.54, 1.807) is 35.0 Å². The van der Waals surface area contributed by atoms with Gasteiger partial charge in [-0.3, -0.25) is 14.4 Å². The molecule has 0 aromatic heterocycles. The van der Waals surface area contributed by atoms with Crippen LogP contribution in [0.3, 0.4) is 0 Å². The molecule has 0 bridgehead atoms. The Labute approximate surface area is 219 Å². The van der Waals surface area contributed by atoms with Gasteiger partial charge in [0, 0.05) is 45.1 Å². The summed E-state index contributed by atoms with van der Waals surface area (Å²) < 4.78 is 36.2. The first-order valence-electron chi connectivity index (χ1n) is 12.8. The highest BCUT2D eigenvalue weighted by Gasteiger charge is 2.39. The fraction of sp³-hybridized carbons (Fsp3) is 0.464. The van der Waals surface area contributed by atoms with Gasteiger partial charge in [-0.25, -0.2) is 0 Å². The largest absolute Gasteiger partial charge is 0.489 e. The van der Waals surface area contributed by atoms with E-state index in [1.807, 2.05) is 12.1 Å². The van der Waals surface area contributed by atoms with Crippen molar-refractivity contribution in [2.45, 2.75) is 57.8 Å². The molecule has 1 saturated carbocycles. The lowest BCUT2D eigenvalue weighted by molar-refractivity contribution is -0.136. The van der Waals surface area contributed by atoms with E-state index in [-0.39, 0.29) is 41.7 Å². The molecule has 2 aliphatic heterocycles. The van der Waals surface area contributed by atoms with E-state index < -0.39 is 12.7 Å². The van der Waals surface area contributed by atoms with Gasteiger partial charge in [0.25, 0.3) is 5.91 Å². The lowest BCUT2D eigenvalue weighted by atomic mass is 9.95. The molecule has 8 nitrogen and oxygen atoms in total. The Kier molecular flexibility index (Phi) is 7.23. The zero-order valence-electron chi connectivity index (χ0n) is 21.4. The molecule has 10 heteroatoms. The van der Waals surface area contributed by atoms with Crippen molar-refractivity contribution in [3.63, 3.8) is 0 Å². The van der Waals surface area contributed by atoms with Gasteiger partial charge in [-0.15, -0.1) is 0 Å². The summed E-state index contributed by atoms with van der Waals surface area (Å²) in [6, 6.07) is 9.70. The molecule has 2 aromatic carbocycles. The minimum atomic E-state index is -2.97. The summed E-state index contributed by atoms with van der Waals surface area (Å²) in [6.07, 6.45) is 2.50. The maximum Gasteiger partial charge on any atom is 0.387 e. The van der Waals surface area contributed by atoms with Crippen LogP contribution in [0.1, 0.15) is 59.2 Å². The van der Waals surface area contributed by atoms with Crippen molar-refractivity contribution in [1.29, 1.82) is 0 Å². The molecule has 3 amide bonds. The minimum absolute atomic E-state index is 0.0143. The van der Waals surface area contributed by atoms with E-state index in [4.69, 9.17) is 4.74 Å². The van der Waals surface area contributed by atoms with Crippen LogP contribution in [0.2, 0.25) is 0 Å². The molecule has 2 heterocycles. The van der Waals surface area contributed by atoms with Crippen LogP contribution in [0.15, 0.2) is 36.4 Å². The second-order valence-electron chi connectivity index (χ2n) is 10.3. The van der Waals surface area contributed by atoms with Crippen molar-refractivity contribution in [1.82, 2.24) is 15.1 Å². The first-order chi connectivity index (χ1) is 18.2. The minimum Gasteiger partial charge on any atom is -0.489 e. The van der Waals surface area contributed by atoms with Gasteiger partial charge in [0.2, 0.25) is 11.8 Å². The first-order valence-corrected chi connectivity index (χ1v) is 12.8. The third kappa shape index (κ3) is 5.58. The molecular formula is C28H31F2N3O5. The zero-order valence-corrected chi connectivity index (χ0v) is 21.4. The summed E-state index contributed by atoms with van der Waals surface area (Å²) in [6.45, 7) is 0.0367. The van der Waals surface area contributed by atoms with Gasteiger partial charge in [0.1, 0.15) is 6.04 Å². The number of fused-ring (bicyclic) bond motifs is 1. The van der Waals surface area contributed by atoms with Gasteiger partial charge in [-0.1, -0.05) is 18.2 Å². The first kappa shape index (κ1) is 25.9. The molecular weight excluding hydrogens is 496 g/mol. The van der Waals surface area contributed by atoms with Crippen LogP contribution in [0, 0.1) is 5.92 Å². The van der Waals surface area contributed by atoms with E-state index in [2.05, 4.69) is 10.1 Å². The highest BCUT2D eigenvalue weighted by atomic mass is 19.3. The van der Waals surface area contributed by atoms with Crippen LogP contribution in [-0.2, 0) is 22.7 Å². The fourth-order valence-corrected chi connectivity index (χ4v) is 5.19. The summed E-state index contributed by atoms with van der Waals surface area (Å²) in [7, 11) is 1.75. The SMILES string of the molecule is CC(=O)N1CC(c2ccc(OC(F)F)c(OCC3CC3)c2)C[C@@H]1C(=O)NCc1ccc2c(c1)CN(C)C2=O. The number of carbonyl (C=O) groups excluding carboxylic acids is 3. The lowest BCUT2D eigenvalue weighted by Crippen LogP contribution is -2.44. The molecule has 38 heavy (non-hydrogen) atoms. The van der Waals surface area contributed by atoms with Crippen molar-refractivity contribution in [3.05, 3.63) is 58.7 Å². The maximum atomic E-state index is 13.2. The summed E-state index contributed by atoms with van der Waals surface area (Å²) in [5.74, 6) is -0.00792. The van der Waals surface area contributed by atoms with Crippen molar-refractivity contribution < 1.29 is 32.6 Å². The number of rotatable bonds is 9. The molecule has 1 unspecified atom stereocenters. The number of ether oxygens (including phenoxy) is 2. The Balaban J connectivity index is 1.27. The van der Waals surface area contributed by atoms with E-state index in [0.717, 1.165) is 29.5 Å². The molecule has 3 aliphatic rings. The van der Waals surface area contributed by atoms with Crippen LogP contribution < -0.4 is 14.8 Å². The summed E-state index contributed by atoms with van der Waals surface area (Å²) in [5, 5.41) is 2.93. The van der Waals surface area contributed by atoms with Gasteiger partial charge >= 0.3 is 6.61 Å². The summed E-state index contributed by atoms with van der Waals surface area (Å²) in [5.41, 5.74) is 3.27.